The fourth-order valence-electron chi connectivity index (χ4n) is 3.20. The van der Waals surface area contributed by atoms with Crippen molar-refractivity contribution < 1.29 is 13.9 Å². The maximum atomic E-state index is 14.7. The average Bonchev–Trinajstić information content (AvgIpc) is 2.90. The van der Waals surface area contributed by atoms with E-state index >= 15 is 0 Å². The van der Waals surface area contributed by atoms with E-state index in [9.17, 15) is 9.18 Å². The monoisotopic (exact) mass is 426 g/mol. The molecule has 29 heavy (non-hydrogen) atoms. The van der Waals surface area contributed by atoms with Gasteiger partial charge in [0.1, 0.15) is 23.1 Å². The number of hydrogen-bond acceptors (Lipinski definition) is 6. The minimum Gasteiger partial charge on any atom is -0.444 e. The quantitative estimate of drug-likeness (QED) is 0.801. The van der Waals surface area contributed by atoms with Gasteiger partial charge in [-0.25, -0.2) is 23.7 Å². The number of imidazole rings is 1. The van der Waals surface area contributed by atoms with Crippen molar-refractivity contribution in [2.75, 3.05) is 18.4 Å². The third-order valence-corrected chi connectivity index (χ3v) is 4.79. The maximum Gasteiger partial charge on any atom is 0.410 e. The number of aromatic nitrogens is 4. The maximum absolute atomic E-state index is 14.7. The number of rotatable bonds is 4. The first kappa shape index (κ1) is 21.5. The van der Waals surface area contributed by atoms with Crippen molar-refractivity contribution >= 4 is 29.2 Å². The Bertz CT molecular complexity index is 881. The minimum atomic E-state index is -1.27. The number of hydrogen-bond donors (Lipinski definition) is 1. The van der Waals surface area contributed by atoms with Crippen molar-refractivity contribution in [3.8, 4) is 0 Å². The van der Waals surface area contributed by atoms with E-state index in [0.29, 0.717) is 41.9 Å². The first-order valence-electron chi connectivity index (χ1n) is 9.82. The molecule has 1 N–H and O–H groups in total. The molecule has 2 aromatic rings. The smallest absolute Gasteiger partial charge is 0.410 e. The Balaban J connectivity index is 1.69. The number of amides is 1. The predicted molar refractivity (Wildman–Crippen MR) is 109 cm³/mol. The highest BCUT2D eigenvalue weighted by atomic mass is 35.5. The van der Waals surface area contributed by atoms with Gasteiger partial charge in [-0.2, -0.15) is 0 Å². The predicted octanol–water partition coefficient (Wildman–Crippen LogP) is 3.74. The molecule has 0 aliphatic carbocycles. The molecule has 1 fully saturated rings. The second kappa shape index (κ2) is 8.30. The van der Waals surface area contributed by atoms with Crippen LogP contribution >= 0.6 is 11.6 Å². The fourth-order valence-corrected chi connectivity index (χ4v) is 3.42. The van der Waals surface area contributed by atoms with Gasteiger partial charge in [-0.1, -0.05) is 25.4 Å². The second-order valence-electron chi connectivity index (χ2n) is 8.78. The zero-order valence-corrected chi connectivity index (χ0v) is 18.2. The zero-order chi connectivity index (χ0) is 21.3. The van der Waals surface area contributed by atoms with Gasteiger partial charge in [0.05, 0.1) is 18.8 Å². The summed E-state index contributed by atoms with van der Waals surface area (Å²) < 4.78 is 21.7. The van der Waals surface area contributed by atoms with Gasteiger partial charge in [0.15, 0.2) is 5.15 Å². The van der Waals surface area contributed by atoms with Crippen LogP contribution < -0.4 is 5.32 Å². The molecule has 0 bridgehead atoms. The Morgan fingerprint density at radius 2 is 2.17 bits per heavy atom. The van der Waals surface area contributed by atoms with Crippen molar-refractivity contribution in [1.29, 1.82) is 0 Å². The molecule has 1 aliphatic heterocycles. The summed E-state index contributed by atoms with van der Waals surface area (Å²) in [5.74, 6) is 1.42. The lowest BCUT2D eigenvalue weighted by Gasteiger charge is -2.35. The molecule has 0 unspecified atom stereocenters. The number of ether oxygens (including phenoxy) is 1. The lowest BCUT2D eigenvalue weighted by atomic mass is 10.0. The third-order valence-electron chi connectivity index (χ3n) is 4.51. The summed E-state index contributed by atoms with van der Waals surface area (Å²) in [7, 11) is 0. The van der Waals surface area contributed by atoms with Gasteiger partial charge >= 0.3 is 6.09 Å². The molecular formula is C19H28ClFN6O2. The van der Waals surface area contributed by atoms with Crippen LogP contribution in [0, 0.1) is 5.92 Å². The number of alkyl halides is 1. The van der Waals surface area contributed by atoms with Crippen LogP contribution in [0.15, 0.2) is 6.20 Å². The number of piperidine rings is 1. The Morgan fingerprint density at radius 1 is 1.45 bits per heavy atom. The van der Waals surface area contributed by atoms with Crippen LogP contribution in [0.1, 0.15) is 46.9 Å². The molecule has 3 heterocycles. The normalized spacial score (nSPS) is 20.3. The first-order chi connectivity index (χ1) is 13.5. The fraction of sp³-hybridized carbons (Fsp3) is 0.684. The van der Waals surface area contributed by atoms with Crippen molar-refractivity contribution in [3.05, 3.63) is 17.2 Å². The summed E-state index contributed by atoms with van der Waals surface area (Å²) in [4.78, 5) is 22.2. The first-order valence-corrected chi connectivity index (χ1v) is 10.2. The number of carbonyl (C=O) groups is 1. The molecule has 0 saturated carbocycles. The highest BCUT2D eigenvalue weighted by molar-refractivity contribution is 6.32. The number of halogens is 2. The molecule has 2 atom stereocenters. The van der Waals surface area contributed by atoms with Crippen LogP contribution in [0.3, 0.4) is 0 Å². The highest BCUT2D eigenvalue weighted by Crippen LogP contribution is 2.22. The van der Waals surface area contributed by atoms with Gasteiger partial charge in [-0.3, -0.25) is 0 Å². The largest absolute Gasteiger partial charge is 0.444 e. The van der Waals surface area contributed by atoms with Crippen LogP contribution in [0.25, 0.3) is 5.52 Å². The highest BCUT2D eigenvalue weighted by Gasteiger charge is 2.34. The summed E-state index contributed by atoms with van der Waals surface area (Å²) in [6.07, 6.45) is 0.951. The number of anilines is 1. The van der Waals surface area contributed by atoms with E-state index in [4.69, 9.17) is 16.3 Å². The lowest BCUT2D eigenvalue weighted by Crippen LogP contribution is -2.51. The van der Waals surface area contributed by atoms with Gasteiger partial charge in [0.25, 0.3) is 0 Å². The standard InChI is InChI=1S/C19H28ClFN6O2/c1-11(2)8-15-24-16(20)14-9-22-17(25-27(14)15)23-13-6-7-26(10-12(13)21)18(28)29-19(3,4)5/h9,11-13H,6-8,10H2,1-5H3,(H,23,25)/t12-,13-/m1/s1. The Kier molecular flexibility index (Phi) is 6.16. The number of carbonyl (C=O) groups excluding carboxylic acids is 1. The average molecular weight is 427 g/mol. The summed E-state index contributed by atoms with van der Waals surface area (Å²) in [5.41, 5.74) is 0.00509. The number of nitrogens with one attached hydrogen (secondary N) is 1. The SMILES string of the molecule is CC(C)Cc1nc(Cl)c2cnc(N[C@@H]3CCN(C(=O)OC(C)(C)C)C[C@H]3F)nn12. The third kappa shape index (κ3) is 5.26. The molecular weight excluding hydrogens is 399 g/mol. The Morgan fingerprint density at radius 3 is 2.79 bits per heavy atom. The summed E-state index contributed by atoms with van der Waals surface area (Å²) >= 11 is 6.18. The van der Waals surface area contributed by atoms with Gasteiger partial charge in [0.2, 0.25) is 5.95 Å². The molecule has 8 nitrogen and oxygen atoms in total. The Hall–Kier alpha value is -2.16. The van der Waals surface area contributed by atoms with E-state index in [1.807, 2.05) is 0 Å². The van der Waals surface area contributed by atoms with E-state index in [2.05, 4.69) is 34.2 Å². The molecule has 0 aromatic carbocycles. The van der Waals surface area contributed by atoms with Gasteiger partial charge in [0, 0.05) is 13.0 Å². The molecule has 10 heteroatoms. The van der Waals surface area contributed by atoms with Crippen molar-refractivity contribution in [3.63, 3.8) is 0 Å². The van der Waals surface area contributed by atoms with Crippen LogP contribution in [0.2, 0.25) is 5.15 Å². The van der Waals surface area contributed by atoms with Crippen LogP contribution in [-0.4, -0.2) is 61.5 Å². The van der Waals surface area contributed by atoms with E-state index in [-0.39, 0.29) is 6.54 Å². The van der Waals surface area contributed by atoms with Crippen LogP contribution in [0.4, 0.5) is 15.1 Å². The van der Waals surface area contributed by atoms with Crippen LogP contribution in [-0.2, 0) is 11.2 Å². The van der Waals surface area contributed by atoms with Gasteiger partial charge in [-0.05, 0) is 33.1 Å². The number of fused-ring (bicyclic) bond motifs is 1. The molecule has 3 rings (SSSR count). The number of likely N-dealkylation sites (tertiary alicyclic amines) is 1. The van der Waals surface area contributed by atoms with Crippen molar-refractivity contribution in [1.82, 2.24) is 24.5 Å². The molecule has 2 aromatic heterocycles. The molecule has 0 radical (unpaired) electrons. The molecule has 1 saturated heterocycles. The lowest BCUT2D eigenvalue weighted by molar-refractivity contribution is 0.0125. The van der Waals surface area contributed by atoms with E-state index in [1.165, 1.54) is 4.90 Å². The molecule has 160 valence electrons. The summed E-state index contributed by atoms with van der Waals surface area (Å²) in [6, 6.07) is -0.501. The van der Waals surface area contributed by atoms with E-state index < -0.39 is 23.9 Å². The van der Waals surface area contributed by atoms with Crippen molar-refractivity contribution in [2.45, 2.75) is 65.3 Å². The van der Waals surface area contributed by atoms with E-state index in [1.54, 1.807) is 31.5 Å². The minimum absolute atomic E-state index is 0.0374. The van der Waals surface area contributed by atoms with Crippen molar-refractivity contribution in [2.24, 2.45) is 5.92 Å². The number of nitrogens with zero attached hydrogens (tertiary/aromatic N) is 5. The van der Waals surface area contributed by atoms with Crippen LogP contribution in [0.5, 0.6) is 0 Å². The molecule has 0 spiro atoms. The summed E-state index contributed by atoms with van der Waals surface area (Å²) in [5, 5.41) is 7.86. The van der Waals surface area contributed by atoms with E-state index in [0.717, 1.165) is 5.82 Å². The zero-order valence-electron chi connectivity index (χ0n) is 17.4. The van der Waals surface area contributed by atoms with Gasteiger partial charge < -0.3 is 15.0 Å². The topological polar surface area (TPSA) is 84.7 Å². The summed E-state index contributed by atoms with van der Waals surface area (Å²) in [6.45, 7) is 9.89. The molecule has 1 amide bonds. The Labute approximate surface area is 174 Å². The second-order valence-corrected chi connectivity index (χ2v) is 9.14. The van der Waals surface area contributed by atoms with Gasteiger partial charge in [-0.15, -0.1) is 5.10 Å². The molecule has 1 aliphatic rings.